The summed E-state index contributed by atoms with van der Waals surface area (Å²) >= 11 is 6.21. The smallest absolute Gasteiger partial charge is 0.141 e. The van der Waals surface area contributed by atoms with Gasteiger partial charge in [-0.15, -0.1) is 0 Å². The molecule has 0 spiro atoms. The van der Waals surface area contributed by atoms with E-state index in [0.29, 0.717) is 16.6 Å². The average molecular weight is 366 g/mol. The summed E-state index contributed by atoms with van der Waals surface area (Å²) in [6, 6.07) is 15.4. The van der Waals surface area contributed by atoms with Crippen molar-refractivity contribution in [1.29, 1.82) is 0 Å². The molecule has 2 aromatic heterocycles. The molecule has 26 heavy (non-hydrogen) atoms. The van der Waals surface area contributed by atoms with Crippen molar-refractivity contribution >= 4 is 34.0 Å². The number of aromatic nitrogens is 2. The number of methoxy groups -OCH3 is 1. The van der Waals surface area contributed by atoms with Gasteiger partial charge in [0.05, 0.1) is 17.6 Å². The van der Waals surface area contributed by atoms with E-state index in [1.165, 1.54) is 6.33 Å². The van der Waals surface area contributed by atoms with E-state index in [1.54, 1.807) is 13.2 Å². The third-order valence-electron chi connectivity index (χ3n) is 4.07. The number of fused-ring (bicyclic) bond motifs is 1. The standard InChI is InChI=1S/C20H16ClN3O2/c1-12-3-7-18(26-12)13-4-6-17-15(9-13)20(23-11-22-17)24-14-5-8-19(25-2)16(21)10-14/h3-11H,1-2H3,(H,22,23,24). The summed E-state index contributed by atoms with van der Waals surface area (Å²) in [7, 11) is 1.59. The van der Waals surface area contributed by atoms with Crippen LogP contribution in [0.3, 0.4) is 0 Å². The van der Waals surface area contributed by atoms with E-state index in [-0.39, 0.29) is 0 Å². The molecule has 0 aliphatic carbocycles. The molecule has 0 saturated carbocycles. The van der Waals surface area contributed by atoms with E-state index >= 15 is 0 Å². The molecule has 5 nitrogen and oxygen atoms in total. The van der Waals surface area contributed by atoms with Crippen LogP contribution in [0.5, 0.6) is 5.75 Å². The highest BCUT2D eigenvalue weighted by Gasteiger charge is 2.10. The van der Waals surface area contributed by atoms with Crippen LogP contribution in [-0.4, -0.2) is 17.1 Å². The summed E-state index contributed by atoms with van der Waals surface area (Å²) in [5, 5.41) is 4.73. The minimum absolute atomic E-state index is 0.530. The molecule has 2 aromatic carbocycles. The van der Waals surface area contributed by atoms with Crippen molar-refractivity contribution in [3.8, 4) is 17.1 Å². The topological polar surface area (TPSA) is 60.2 Å². The molecule has 0 fully saturated rings. The second-order valence-corrected chi connectivity index (χ2v) is 6.25. The largest absolute Gasteiger partial charge is 0.495 e. The van der Waals surface area contributed by atoms with Gasteiger partial charge in [0, 0.05) is 16.6 Å². The van der Waals surface area contributed by atoms with E-state index in [4.69, 9.17) is 20.8 Å². The minimum atomic E-state index is 0.530. The predicted octanol–water partition coefficient (Wildman–Crippen LogP) is 5.60. The lowest BCUT2D eigenvalue weighted by Crippen LogP contribution is -1.96. The molecule has 0 unspecified atom stereocenters. The summed E-state index contributed by atoms with van der Waals surface area (Å²) < 4.78 is 10.9. The number of rotatable bonds is 4. The Bertz CT molecular complexity index is 1090. The fourth-order valence-electron chi connectivity index (χ4n) is 2.78. The molecule has 0 radical (unpaired) electrons. The van der Waals surface area contributed by atoms with Gasteiger partial charge in [-0.05, 0) is 55.5 Å². The zero-order valence-corrected chi connectivity index (χ0v) is 15.0. The van der Waals surface area contributed by atoms with Crippen LogP contribution in [0.1, 0.15) is 5.76 Å². The van der Waals surface area contributed by atoms with Crippen molar-refractivity contribution in [2.45, 2.75) is 6.92 Å². The van der Waals surface area contributed by atoms with Gasteiger partial charge in [-0.1, -0.05) is 11.6 Å². The first kappa shape index (κ1) is 16.4. The number of hydrogen-bond donors (Lipinski definition) is 1. The Morgan fingerprint density at radius 2 is 1.92 bits per heavy atom. The molecule has 6 heteroatoms. The zero-order valence-electron chi connectivity index (χ0n) is 14.3. The fraction of sp³-hybridized carbons (Fsp3) is 0.100. The number of ether oxygens (including phenoxy) is 1. The summed E-state index contributed by atoms with van der Waals surface area (Å²) in [6.45, 7) is 1.92. The number of halogens is 1. The SMILES string of the molecule is COc1ccc(Nc2ncnc3ccc(-c4ccc(C)o4)cc23)cc1Cl. The Morgan fingerprint density at radius 1 is 1.04 bits per heavy atom. The highest BCUT2D eigenvalue weighted by Crippen LogP contribution is 2.32. The van der Waals surface area contributed by atoms with Gasteiger partial charge in [-0.25, -0.2) is 9.97 Å². The van der Waals surface area contributed by atoms with Gasteiger partial charge in [-0.2, -0.15) is 0 Å². The fourth-order valence-corrected chi connectivity index (χ4v) is 3.04. The van der Waals surface area contributed by atoms with Crippen LogP contribution in [-0.2, 0) is 0 Å². The van der Waals surface area contributed by atoms with Gasteiger partial charge in [0.15, 0.2) is 0 Å². The van der Waals surface area contributed by atoms with Crippen LogP contribution in [0.25, 0.3) is 22.2 Å². The number of furan rings is 1. The molecule has 0 amide bonds. The quantitative estimate of drug-likeness (QED) is 0.509. The second-order valence-electron chi connectivity index (χ2n) is 5.84. The van der Waals surface area contributed by atoms with Crippen molar-refractivity contribution in [1.82, 2.24) is 9.97 Å². The lowest BCUT2D eigenvalue weighted by Gasteiger charge is -2.11. The van der Waals surface area contributed by atoms with E-state index in [2.05, 4.69) is 15.3 Å². The van der Waals surface area contributed by atoms with E-state index in [1.807, 2.05) is 49.4 Å². The maximum atomic E-state index is 6.21. The summed E-state index contributed by atoms with van der Waals surface area (Å²) in [6.07, 6.45) is 1.53. The van der Waals surface area contributed by atoms with Crippen molar-refractivity contribution in [3.63, 3.8) is 0 Å². The van der Waals surface area contributed by atoms with Crippen LogP contribution in [0.2, 0.25) is 5.02 Å². The van der Waals surface area contributed by atoms with Crippen LogP contribution in [0.4, 0.5) is 11.5 Å². The Morgan fingerprint density at radius 3 is 2.65 bits per heavy atom. The first-order valence-corrected chi connectivity index (χ1v) is 8.44. The molecule has 130 valence electrons. The van der Waals surface area contributed by atoms with Crippen LogP contribution in [0, 0.1) is 6.92 Å². The molecule has 0 bridgehead atoms. The van der Waals surface area contributed by atoms with E-state index in [9.17, 15) is 0 Å². The highest BCUT2D eigenvalue weighted by atomic mass is 35.5. The minimum Gasteiger partial charge on any atom is -0.495 e. The average Bonchev–Trinajstić information content (AvgIpc) is 3.08. The number of hydrogen-bond acceptors (Lipinski definition) is 5. The van der Waals surface area contributed by atoms with Crippen molar-refractivity contribution < 1.29 is 9.15 Å². The van der Waals surface area contributed by atoms with Gasteiger partial charge in [0.1, 0.15) is 29.4 Å². The van der Waals surface area contributed by atoms with Crippen molar-refractivity contribution in [2.24, 2.45) is 0 Å². The normalized spacial score (nSPS) is 10.9. The summed E-state index contributed by atoms with van der Waals surface area (Å²) in [5.74, 6) is 3.00. The Labute approximate surface area is 155 Å². The molecule has 0 atom stereocenters. The molecule has 2 heterocycles. The number of aryl methyl sites for hydroxylation is 1. The highest BCUT2D eigenvalue weighted by molar-refractivity contribution is 6.32. The van der Waals surface area contributed by atoms with Gasteiger partial charge in [0.2, 0.25) is 0 Å². The van der Waals surface area contributed by atoms with Gasteiger partial charge >= 0.3 is 0 Å². The number of benzene rings is 2. The molecule has 1 N–H and O–H groups in total. The third-order valence-corrected chi connectivity index (χ3v) is 4.37. The molecule has 4 aromatic rings. The van der Waals surface area contributed by atoms with Crippen LogP contribution >= 0.6 is 11.6 Å². The lowest BCUT2D eigenvalue weighted by atomic mass is 10.1. The lowest BCUT2D eigenvalue weighted by molar-refractivity contribution is 0.415. The number of anilines is 2. The van der Waals surface area contributed by atoms with E-state index < -0.39 is 0 Å². The Kier molecular flexibility index (Phi) is 4.22. The first-order valence-electron chi connectivity index (χ1n) is 8.06. The van der Waals surface area contributed by atoms with Crippen molar-refractivity contribution in [3.05, 3.63) is 65.6 Å². The zero-order chi connectivity index (χ0) is 18.1. The van der Waals surface area contributed by atoms with Gasteiger partial charge in [-0.3, -0.25) is 0 Å². The van der Waals surface area contributed by atoms with Crippen molar-refractivity contribution in [2.75, 3.05) is 12.4 Å². The molecule has 0 aliphatic heterocycles. The summed E-state index contributed by atoms with van der Waals surface area (Å²) in [4.78, 5) is 8.73. The molecular weight excluding hydrogens is 350 g/mol. The monoisotopic (exact) mass is 365 g/mol. The number of nitrogens with zero attached hydrogens (tertiary/aromatic N) is 2. The third kappa shape index (κ3) is 3.09. The van der Waals surface area contributed by atoms with Gasteiger partial charge in [0.25, 0.3) is 0 Å². The maximum Gasteiger partial charge on any atom is 0.141 e. The molecule has 0 aliphatic rings. The van der Waals surface area contributed by atoms with Crippen LogP contribution in [0.15, 0.2) is 59.3 Å². The number of nitrogens with one attached hydrogen (secondary N) is 1. The Balaban J connectivity index is 1.76. The van der Waals surface area contributed by atoms with Gasteiger partial charge < -0.3 is 14.5 Å². The predicted molar refractivity (Wildman–Crippen MR) is 103 cm³/mol. The Hall–Kier alpha value is -3.05. The first-order chi connectivity index (χ1) is 12.6. The van der Waals surface area contributed by atoms with E-state index in [0.717, 1.165) is 33.7 Å². The second kappa shape index (κ2) is 6.69. The molecular formula is C20H16ClN3O2. The maximum absolute atomic E-state index is 6.21. The summed E-state index contributed by atoms with van der Waals surface area (Å²) in [5.41, 5.74) is 2.63. The van der Waals surface area contributed by atoms with Crippen LogP contribution < -0.4 is 10.1 Å². The molecule has 4 rings (SSSR count). The molecule has 0 saturated heterocycles.